The Morgan fingerprint density at radius 3 is 2.38 bits per heavy atom. The van der Waals surface area contributed by atoms with Gasteiger partial charge in [-0.05, 0) is 66.6 Å². The van der Waals surface area contributed by atoms with E-state index in [-0.39, 0.29) is 29.3 Å². The van der Waals surface area contributed by atoms with Gasteiger partial charge in [-0.25, -0.2) is 0 Å². The molecule has 3 aromatic rings. The first-order valence-corrected chi connectivity index (χ1v) is 14.1. The highest BCUT2D eigenvalue weighted by atomic mass is 16.5. The second kappa shape index (κ2) is 13.9. The zero-order valence-corrected chi connectivity index (χ0v) is 24.8. The molecule has 9 heteroatoms. The average molecular weight is 574 g/mol. The molecule has 0 saturated heterocycles. The van der Waals surface area contributed by atoms with E-state index in [4.69, 9.17) is 14.2 Å². The molecule has 222 valence electrons. The van der Waals surface area contributed by atoms with Crippen LogP contribution in [0.3, 0.4) is 0 Å². The fourth-order valence-corrected chi connectivity index (χ4v) is 5.46. The molecule has 0 spiro atoms. The topological polar surface area (TPSA) is 115 Å². The van der Waals surface area contributed by atoms with Crippen molar-refractivity contribution >= 4 is 17.5 Å². The van der Waals surface area contributed by atoms with Crippen molar-refractivity contribution in [2.24, 2.45) is 0 Å². The second-order valence-corrected chi connectivity index (χ2v) is 10.3. The van der Waals surface area contributed by atoms with Gasteiger partial charge in [-0.3, -0.25) is 14.4 Å². The summed E-state index contributed by atoms with van der Waals surface area (Å²) in [4.78, 5) is 38.1. The summed E-state index contributed by atoms with van der Waals surface area (Å²) in [6.07, 6.45) is 2.08. The van der Waals surface area contributed by atoms with E-state index in [0.717, 1.165) is 22.3 Å². The molecule has 0 saturated carbocycles. The van der Waals surface area contributed by atoms with Crippen LogP contribution in [0.2, 0.25) is 0 Å². The Kier molecular flexibility index (Phi) is 10.1. The number of ether oxygens (including phenoxy) is 3. The predicted octanol–water partition coefficient (Wildman–Crippen LogP) is 4.93. The van der Waals surface area contributed by atoms with E-state index in [9.17, 15) is 14.4 Å². The third-order valence-corrected chi connectivity index (χ3v) is 7.49. The van der Waals surface area contributed by atoms with Crippen LogP contribution in [0.1, 0.15) is 61.9 Å². The lowest BCUT2D eigenvalue weighted by Gasteiger charge is -2.19. The van der Waals surface area contributed by atoms with Gasteiger partial charge in [0.2, 0.25) is 23.0 Å². The number of rotatable bonds is 11. The van der Waals surface area contributed by atoms with Crippen LogP contribution in [-0.4, -0.2) is 39.7 Å². The monoisotopic (exact) mass is 573 g/mol. The van der Waals surface area contributed by atoms with E-state index in [0.29, 0.717) is 60.7 Å². The molecule has 9 nitrogen and oxygen atoms in total. The SMILES string of the molecule is COc1cc2c(c(OC)c1OC)-c1ccc(NCCCC(=O)NC(C)c3ccccc3)c(=O)cc1C(NC(C)=O)CC2. The first kappa shape index (κ1) is 30.4. The van der Waals surface area contributed by atoms with Crippen molar-refractivity contribution in [3.8, 4) is 28.4 Å². The van der Waals surface area contributed by atoms with Crippen LogP contribution in [0.4, 0.5) is 5.69 Å². The van der Waals surface area contributed by atoms with Gasteiger partial charge in [0, 0.05) is 25.5 Å². The van der Waals surface area contributed by atoms with Gasteiger partial charge < -0.3 is 30.2 Å². The number of carbonyl (C=O) groups excluding carboxylic acids is 2. The zero-order chi connectivity index (χ0) is 30.2. The average Bonchev–Trinajstić information content (AvgIpc) is 3.23. The van der Waals surface area contributed by atoms with E-state index in [2.05, 4.69) is 16.0 Å². The minimum absolute atomic E-state index is 0.0490. The molecule has 3 N–H and O–H groups in total. The van der Waals surface area contributed by atoms with Crippen LogP contribution in [0, 0.1) is 0 Å². The van der Waals surface area contributed by atoms with E-state index in [1.54, 1.807) is 33.5 Å². The van der Waals surface area contributed by atoms with E-state index < -0.39 is 0 Å². The molecule has 2 amide bonds. The quantitative estimate of drug-likeness (QED) is 0.279. The van der Waals surface area contributed by atoms with Gasteiger partial charge in [0.15, 0.2) is 11.5 Å². The molecular formula is C33H39N3O6. The van der Waals surface area contributed by atoms with Crippen LogP contribution in [0.15, 0.2) is 59.4 Å². The van der Waals surface area contributed by atoms with Crippen LogP contribution < -0.4 is 35.6 Å². The molecule has 0 aromatic heterocycles. The van der Waals surface area contributed by atoms with Gasteiger partial charge in [-0.15, -0.1) is 0 Å². The molecule has 1 aliphatic rings. The van der Waals surface area contributed by atoms with Crippen molar-refractivity contribution in [2.75, 3.05) is 33.2 Å². The van der Waals surface area contributed by atoms with Gasteiger partial charge in [-0.1, -0.05) is 36.4 Å². The molecule has 3 aromatic carbocycles. The molecular weight excluding hydrogens is 534 g/mol. The normalized spacial score (nSPS) is 14.4. The smallest absolute Gasteiger partial charge is 0.220 e. The van der Waals surface area contributed by atoms with Crippen molar-refractivity contribution in [2.45, 2.75) is 51.6 Å². The maximum atomic E-state index is 13.4. The Morgan fingerprint density at radius 2 is 1.71 bits per heavy atom. The van der Waals surface area contributed by atoms with Crippen LogP contribution in [-0.2, 0) is 16.0 Å². The molecule has 0 radical (unpaired) electrons. The number of nitrogens with one attached hydrogen (secondary N) is 3. The van der Waals surface area contributed by atoms with Crippen molar-refractivity contribution < 1.29 is 23.8 Å². The molecule has 1 aliphatic carbocycles. The zero-order valence-electron chi connectivity index (χ0n) is 24.8. The summed E-state index contributed by atoms with van der Waals surface area (Å²) in [5.41, 5.74) is 4.45. The highest BCUT2D eigenvalue weighted by Crippen LogP contribution is 2.50. The van der Waals surface area contributed by atoms with E-state index >= 15 is 0 Å². The molecule has 0 bridgehead atoms. The number of benzene rings is 2. The van der Waals surface area contributed by atoms with Gasteiger partial charge in [0.25, 0.3) is 0 Å². The minimum Gasteiger partial charge on any atom is -0.493 e. The number of anilines is 1. The number of hydrogen-bond acceptors (Lipinski definition) is 7. The maximum Gasteiger partial charge on any atom is 0.220 e. The first-order valence-electron chi connectivity index (χ1n) is 14.1. The van der Waals surface area contributed by atoms with Crippen molar-refractivity contribution in [3.63, 3.8) is 0 Å². The molecule has 2 unspecified atom stereocenters. The summed E-state index contributed by atoms with van der Waals surface area (Å²) in [7, 11) is 4.69. The standard InChI is InChI=1S/C33H39N3O6/c1-20(22-10-7-6-8-11-22)35-30(39)12-9-17-34-27-16-14-24-25(19-28(27)38)26(36-21(2)37)15-13-23-18-29(40-3)32(41-4)33(42-5)31(23)24/h6-8,10-11,14,16,18-20,26H,9,12-13,15,17H2,1-5H3,(H,34,38)(H,35,39)(H,36,37). The summed E-state index contributed by atoms with van der Waals surface area (Å²) in [6, 6.07) is 16.5. The fraction of sp³-hybridized carbons (Fsp3) is 0.364. The van der Waals surface area contributed by atoms with Crippen LogP contribution in [0.5, 0.6) is 17.2 Å². The highest BCUT2D eigenvalue weighted by Gasteiger charge is 2.29. The van der Waals surface area contributed by atoms with Crippen molar-refractivity contribution in [1.29, 1.82) is 0 Å². The van der Waals surface area contributed by atoms with Gasteiger partial charge in [-0.2, -0.15) is 0 Å². The number of aryl methyl sites for hydroxylation is 1. The Labute approximate surface area is 246 Å². The van der Waals surface area contributed by atoms with E-state index in [1.807, 2.05) is 49.4 Å². The van der Waals surface area contributed by atoms with Crippen molar-refractivity contribution in [3.05, 3.63) is 81.5 Å². The molecule has 0 fully saturated rings. The number of fused-ring (bicyclic) bond motifs is 3. The largest absolute Gasteiger partial charge is 0.493 e. The number of methoxy groups -OCH3 is 3. The fourth-order valence-electron chi connectivity index (χ4n) is 5.46. The third-order valence-electron chi connectivity index (χ3n) is 7.49. The lowest BCUT2D eigenvalue weighted by atomic mass is 9.95. The lowest BCUT2D eigenvalue weighted by Crippen LogP contribution is -2.27. The highest BCUT2D eigenvalue weighted by molar-refractivity contribution is 5.84. The molecule has 42 heavy (non-hydrogen) atoms. The lowest BCUT2D eigenvalue weighted by molar-refractivity contribution is -0.122. The Morgan fingerprint density at radius 1 is 0.976 bits per heavy atom. The summed E-state index contributed by atoms with van der Waals surface area (Å²) >= 11 is 0. The predicted molar refractivity (Wildman–Crippen MR) is 163 cm³/mol. The van der Waals surface area contributed by atoms with Crippen LogP contribution >= 0.6 is 0 Å². The first-order chi connectivity index (χ1) is 20.3. The van der Waals surface area contributed by atoms with Crippen molar-refractivity contribution in [1.82, 2.24) is 10.6 Å². The minimum atomic E-state index is -0.380. The molecule has 0 aliphatic heterocycles. The van der Waals surface area contributed by atoms with Crippen LogP contribution in [0.25, 0.3) is 11.1 Å². The Balaban J connectivity index is 1.60. The molecule has 4 rings (SSSR count). The summed E-state index contributed by atoms with van der Waals surface area (Å²) in [6.45, 7) is 3.86. The summed E-state index contributed by atoms with van der Waals surface area (Å²) in [5, 5.41) is 9.24. The number of hydrogen-bond donors (Lipinski definition) is 3. The van der Waals surface area contributed by atoms with Gasteiger partial charge >= 0.3 is 0 Å². The molecule has 0 heterocycles. The summed E-state index contributed by atoms with van der Waals surface area (Å²) in [5.74, 6) is 1.26. The molecule has 2 atom stereocenters. The third kappa shape index (κ3) is 6.84. The van der Waals surface area contributed by atoms with E-state index in [1.165, 1.54) is 6.92 Å². The second-order valence-electron chi connectivity index (χ2n) is 10.3. The maximum absolute atomic E-state index is 13.4. The van der Waals surface area contributed by atoms with Gasteiger partial charge in [0.1, 0.15) is 0 Å². The number of amides is 2. The van der Waals surface area contributed by atoms with Gasteiger partial charge in [0.05, 0.1) is 39.1 Å². The summed E-state index contributed by atoms with van der Waals surface area (Å²) < 4.78 is 17.1. The number of carbonyl (C=O) groups is 2. The Bertz CT molecular complexity index is 1490. The Hall–Kier alpha value is -4.53.